The van der Waals surface area contributed by atoms with Gasteiger partial charge in [-0.05, 0) is 18.2 Å². The molecule has 1 amide bonds. The zero-order valence-corrected chi connectivity index (χ0v) is 12.7. The van der Waals surface area contributed by atoms with Gasteiger partial charge in [-0.3, -0.25) is 4.79 Å². The second-order valence-electron chi connectivity index (χ2n) is 3.70. The van der Waals surface area contributed by atoms with E-state index in [0.717, 1.165) is 12.1 Å². The van der Waals surface area contributed by atoms with Crippen molar-refractivity contribution in [1.29, 1.82) is 0 Å². The molecule has 0 saturated heterocycles. The minimum atomic E-state index is -4.57. The fraction of sp³-hybridized carbons (Fsp3) is 0.308. The van der Waals surface area contributed by atoms with Crippen molar-refractivity contribution in [3.8, 4) is 12.3 Å². The lowest BCUT2D eigenvalue weighted by molar-refractivity contribution is -0.138. The maximum Gasteiger partial charge on any atom is 0.417 e. The maximum absolute atomic E-state index is 12.9. The van der Waals surface area contributed by atoms with E-state index in [4.69, 9.17) is 6.42 Å². The number of terminal acetylenes is 1. The lowest BCUT2D eigenvalue weighted by atomic mass is 10.1. The molecule has 0 unspecified atom stereocenters. The summed E-state index contributed by atoms with van der Waals surface area (Å²) < 4.78 is 38.8. The SMILES string of the molecule is C#CCSCCNC(=O)c1ccc(Br)cc1C(F)(F)F. The van der Waals surface area contributed by atoms with Crippen LogP contribution in [0.1, 0.15) is 15.9 Å². The van der Waals surface area contributed by atoms with Crippen molar-refractivity contribution in [3.05, 3.63) is 33.8 Å². The van der Waals surface area contributed by atoms with Gasteiger partial charge in [-0.1, -0.05) is 21.9 Å². The number of nitrogens with one attached hydrogen (secondary N) is 1. The van der Waals surface area contributed by atoms with Crippen LogP contribution in [0, 0.1) is 12.3 Å². The summed E-state index contributed by atoms with van der Waals surface area (Å²) in [5, 5.41) is 2.45. The van der Waals surface area contributed by atoms with Gasteiger partial charge in [-0.25, -0.2) is 0 Å². The quantitative estimate of drug-likeness (QED) is 0.638. The number of thioether (sulfide) groups is 1. The van der Waals surface area contributed by atoms with Crippen LogP contribution in [0.15, 0.2) is 22.7 Å². The van der Waals surface area contributed by atoms with Crippen molar-refractivity contribution >= 4 is 33.6 Å². The number of hydrogen-bond donors (Lipinski definition) is 1. The van der Waals surface area contributed by atoms with E-state index in [-0.39, 0.29) is 16.6 Å². The molecule has 7 heteroatoms. The van der Waals surface area contributed by atoms with E-state index in [2.05, 4.69) is 27.2 Å². The van der Waals surface area contributed by atoms with Gasteiger partial charge in [0.15, 0.2) is 0 Å². The highest BCUT2D eigenvalue weighted by molar-refractivity contribution is 9.10. The van der Waals surface area contributed by atoms with Gasteiger partial charge in [-0.2, -0.15) is 13.2 Å². The van der Waals surface area contributed by atoms with Crippen molar-refractivity contribution < 1.29 is 18.0 Å². The Labute approximate surface area is 127 Å². The first-order valence-electron chi connectivity index (χ1n) is 5.52. The zero-order valence-electron chi connectivity index (χ0n) is 10.3. The van der Waals surface area contributed by atoms with Crippen molar-refractivity contribution in [2.24, 2.45) is 0 Å². The summed E-state index contributed by atoms with van der Waals surface area (Å²) >= 11 is 4.39. The Balaban J connectivity index is 2.76. The van der Waals surface area contributed by atoms with Gasteiger partial charge >= 0.3 is 6.18 Å². The predicted molar refractivity (Wildman–Crippen MR) is 77.6 cm³/mol. The van der Waals surface area contributed by atoms with E-state index in [1.165, 1.54) is 17.8 Å². The van der Waals surface area contributed by atoms with Crippen LogP contribution in [-0.2, 0) is 6.18 Å². The summed E-state index contributed by atoms with van der Waals surface area (Å²) in [6.07, 6.45) is 0.481. The fourth-order valence-corrected chi connectivity index (χ4v) is 2.28. The van der Waals surface area contributed by atoms with Crippen LogP contribution in [-0.4, -0.2) is 24.0 Å². The van der Waals surface area contributed by atoms with E-state index in [1.807, 2.05) is 0 Å². The van der Waals surface area contributed by atoms with Gasteiger partial charge in [0.1, 0.15) is 0 Å². The first-order chi connectivity index (χ1) is 9.36. The van der Waals surface area contributed by atoms with Crippen LogP contribution < -0.4 is 5.32 Å². The summed E-state index contributed by atoms with van der Waals surface area (Å²) in [5.41, 5.74) is -1.34. The highest BCUT2D eigenvalue weighted by Crippen LogP contribution is 2.33. The van der Waals surface area contributed by atoms with E-state index >= 15 is 0 Å². The van der Waals surface area contributed by atoms with Gasteiger partial charge in [0.25, 0.3) is 5.91 Å². The molecule has 0 aromatic heterocycles. The zero-order chi connectivity index (χ0) is 15.2. The summed E-state index contributed by atoms with van der Waals surface area (Å²) in [4.78, 5) is 11.8. The number of rotatable bonds is 5. The second kappa shape index (κ2) is 7.60. The molecule has 1 rings (SSSR count). The van der Waals surface area contributed by atoms with E-state index in [9.17, 15) is 18.0 Å². The third-order valence-corrected chi connectivity index (χ3v) is 3.61. The molecule has 108 valence electrons. The average Bonchev–Trinajstić information content (AvgIpc) is 2.37. The molecule has 0 fully saturated rings. The summed E-state index contributed by atoms with van der Waals surface area (Å²) in [5.74, 6) is 2.73. The number of alkyl halides is 3. The first-order valence-corrected chi connectivity index (χ1v) is 7.47. The molecule has 20 heavy (non-hydrogen) atoms. The van der Waals surface area contributed by atoms with Crippen LogP contribution >= 0.6 is 27.7 Å². The molecule has 0 atom stereocenters. The number of hydrogen-bond acceptors (Lipinski definition) is 2. The van der Waals surface area contributed by atoms with Crippen molar-refractivity contribution in [2.75, 3.05) is 18.1 Å². The average molecular weight is 366 g/mol. The molecule has 0 saturated carbocycles. The summed E-state index contributed by atoms with van der Waals surface area (Å²) in [6, 6.07) is 3.44. The lowest BCUT2D eigenvalue weighted by Gasteiger charge is -2.13. The lowest BCUT2D eigenvalue weighted by Crippen LogP contribution is -2.28. The Morgan fingerprint density at radius 1 is 1.45 bits per heavy atom. The largest absolute Gasteiger partial charge is 0.417 e. The Morgan fingerprint density at radius 3 is 2.75 bits per heavy atom. The van der Waals surface area contributed by atoms with Crippen molar-refractivity contribution in [3.63, 3.8) is 0 Å². The Morgan fingerprint density at radius 2 is 2.15 bits per heavy atom. The third-order valence-electron chi connectivity index (χ3n) is 2.25. The standard InChI is InChI=1S/C13H11BrF3NOS/c1-2-6-20-7-5-18-12(19)10-4-3-9(14)8-11(10)13(15,16)17/h1,3-4,8H,5-7H2,(H,18,19). The van der Waals surface area contributed by atoms with E-state index < -0.39 is 17.6 Å². The minimum Gasteiger partial charge on any atom is -0.351 e. The molecule has 0 bridgehead atoms. The minimum absolute atomic E-state index is 0.262. The smallest absolute Gasteiger partial charge is 0.351 e. The summed E-state index contributed by atoms with van der Waals surface area (Å²) in [6.45, 7) is 0.262. The molecule has 0 aliphatic carbocycles. The topological polar surface area (TPSA) is 29.1 Å². The Hall–Kier alpha value is -1.13. The molecule has 0 aliphatic heterocycles. The fourth-order valence-electron chi connectivity index (χ4n) is 1.41. The summed E-state index contributed by atoms with van der Waals surface area (Å²) in [7, 11) is 0. The van der Waals surface area contributed by atoms with Gasteiger partial charge in [-0.15, -0.1) is 18.2 Å². The van der Waals surface area contributed by atoms with E-state index in [1.54, 1.807) is 0 Å². The van der Waals surface area contributed by atoms with Crippen LogP contribution in [0.25, 0.3) is 0 Å². The first kappa shape index (κ1) is 16.9. The van der Waals surface area contributed by atoms with Gasteiger partial charge in [0, 0.05) is 16.8 Å². The molecule has 1 N–H and O–H groups in total. The molecule has 2 nitrogen and oxygen atoms in total. The molecular formula is C13H11BrF3NOS. The number of carbonyl (C=O) groups is 1. The van der Waals surface area contributed by atoms with Crippen molar-refractivity contribution in [2.45, 2.75) is 6.18 Å². The maximum atomic E-state index is 12.9. The van der Waals surface area contributed by atoms with Gasteiger partial charge < -0.3 is 5.32 Å². The molecule has 0 heterocycles. The normalized spacial score (nSPS) is 10.9. The molecule has 0 spiro atoms. The molecular weight excluding hydrogens is 355 g/mol. The van der Waals surface area contributed by atoms with Crippen LogP contribution in [0.2, 0.25) is 0 Å². The highest BCUT2D eigenvalue weighted by Gasteiger charge is 2.35. The number of carbonyl (C=O) groups excluding carboxylic acids is 1. The Bertz CT molecular complexity index is 525. The predicted octanol–water partition coefficient (Wildman–Crippen LogP) is 3.56. The molecule has 1 aromatic carbocycles. The number of benzene rings is 1. The van der Waals surface area contributed by atoms with Crippen LogP contribution in [0.3, 0.4) is 0 Å². The highest BCUT2D eigenvalue weighted by atomic mass is 79.9. The van der Waals surface area contributed by atoms with Crippen molar-refractivity contribution in [1.82, 2.24) is 5.32 Å². The Kier molecular flexibility index (Phi) is 6.43. The van der Waals surface area contributed by atoms with Crippen LogP contribution in [0.5, 0.6) is 0 Å². The number of amides is 1. The van der Waals surface area contributed by atoms with E-state index in [0.29, 0.717) is 11.5 Å². The van der Waals surface area contributed by atoms with Gasteiger partial charge in [0.2, 0.25) is 0 Å². The molecule has 0 radical (unpaired) electrons. The monoisotopic (exact) mass is 365 g/mol. The molecule has 0 aliphatic rings. The molecule has 1 aromatic rings. The second-order valence-corrected chi connectivity index (χ2v) is 5.72. The van der Waals surface area contributed by atoms with Gasteiger partial charge in [0.05, 0.1) is 16.9 Å². The number of halogens is 4. The third kappa shape index (κ3) is 5.10. The van der Waals surface area contributed by atoms with Crippen LogP contribution in [0.4, 0.5) is 13.2 Å².